The molecule has 0 unspecified atom stereocenters. The van der Waals surface area contributed by atoms with Gasteiger partial charge in [-0.15, -0.1) is 0 Å². The second kappa shape index (κ2) is 9.39. The summed E-state index contributed by atoms with van der Waals surface area (Å²) < 4.78 is 5.63. The quantitative estimate of drug-likeness (QED) is 0.366. The first-order chi connectivity index (χ1) is 13.9. The fraction of sp³-hybridized carbons (Fsp3) is 0.158. The molecule has 3 amide bonds. The van der Waals surface area contributed by atoms with E-state index in [-0.39, 0.29) is 18.1 Å². The molecule has 0 bridgehead atoms. The smallest absolute Gasteiger partial charge is 0.269 e. The number of phenolic OH excluding ortho intramolecular Hbond substituents is 1. The van der Waals surface area contributed by atoms with E-state index in [0.29, 0.717) is 33.5 Å². The summed E-state index contributed by atoms with van der Waals surface area (Å²) in [6, 6.07) is 9.08. The molecular weight excluding hydrogens is 414 g/mol. The third kappa shape index (κ3) is 5.46. The van der Waals surface area contributed by atoms with E-state index in [0.717, 1.165) is 0 Å². The van der Waals surface area contributed by atoms with Gasteiger partial charge in [0.05, 0.1) is 11.2 Å². The van der Waals surface area contributed by atoms with Crippen molar-refractivity contribution in [1.82, 2.24) is 15.8 Å². The summed E-state index contributed by atoms with van der Waals surface area (Å²) in [5.41, 5.74) is 4.91. The second-order valence-electron chi connectivity index (χ2n) is 6.00. The largest absolute Gasteiger partial charge is 0.508 e. The summed E-state index contributed by atoms with van der Waals surface area (Å²) in [6.07, 6.45) is 3.63. The molecule has 1 aliphatic heterocycles. The van der Waals surface area contributed by atoms with E-state index in [1.807, 2.05) is 0 Å². The number of carbonyl (C=O) groups is 3. The molecule has 29 heavy (non-hydrogen) atoms. The molecule has 0 atom stereocenters. The Bertz CT molecular complexity index is 955. The van der Waals surface area contributed by atoms with Crippen LogP contribution in [0.25, 0.3) is 6.08 Å². The fourth-order valence-corrected chi connectivity index (χ4v) is 3.76. The minimum atomic E-state index is -0.502. The highest BCUT2D eigenvalue weighted by molar-refractivity contribution is 8.26. The number of thiocarbonyl (C=S) groups is 1. The first-order valence-electron chi connectivity index (χ1n) is 8.61. The Morgan fingerprint density at radius 2 is 1.97 bits per heavy atom. The molecule has 1 aromatic carbocycles. The molecule has 8 nitrogen and oxygen atoms in total. The lowest BCUT2D eigenvalue weighted by atomic mass is 10.2. The van der Waals surface area contributed by atoms with E-state index >= 15 is 0 Å². The number of rotatable bonds is 6. The van der Waals surface area contributed by atoms with Crippen molar-refractivity contribution in [1.29, 1.82) is 0 Å². The molecule has 1 fully saturated rings. The van der Waals surface area contributed by atoms with E-state index in [4.69, 9.17) is 16.6 Å². The Morgan fingerprint density at radius 1 is 1.21 bits per heavy atom. The molecule has 2 heterocycles. The van der Waals surface area contributed by atoms with Gasteiger partial charge in [-0.3, -0.25) is 30.1 Å². The van der Waals surface area contributed by atoms with E-state index in [9.17, 15) is 19.5 Å². The molecule has 0 aliphatic carbocycles. The van der Waals surface area contributed by atoms with Crippen molar-refractivity contribution in [3.8, 4) is 5.75 Å². The summed E-state index contributed by atoms with van der Waals surface area (Å²) in [5.74, 6) is -0.515. The van der Waals surface area contributed by atoms with Crippen LogP contribution in [-0.4, -0.2) is 38.6 Å². The maximum atomic E-state index is 12.4. The summed E-state index contributed by atoms with van der Waals surface area (Å²) in [4.78, 5) is 38.2. The van der Waals surface area contributed by atoms with Crippen LogP contribution in [0.15, 0.2) is 52.0 Å². The molecule has 2 aromatic rings. The van der Waals surface area contributed by atoms with Gasteiger partial charge in [0.25, 0.3) is 11.8 Å². The number of carbonyl (C=O) groups excluding carboxylic acids is 3. The van der Waals surface area contributed by atoms with Crippen LogP contribution in [0, 0.1) is 0 Å². The maximum absolute atomic E-state index is 12.4. The second-order valence-corrected chi connectivity index (χ2v) is 7.68. The van der Waals surface area contributed by atoms with Crippen molar-refractivity contribution in [2.24, 2.45) is 0 Å². The fourth-order valence-electron chi connectivity index (χ4n) is 2.47. The summed E-state index contributed by atoms with van der Waals surface area (Å²) in [5, 5.41) is 9.21. The number of furan rings is 1. The normalized spacial score (nSPS) is 15.0. The zero-order chi connectivity index (χ0) is 20.8. The average Bonchev–Trinajstić information content (AvgIpc) is 3.30. The van der Waals surface area contributed by atoms with Crippen molar-refractivity contribution in [3.05, 3.63) is 58.9 Å². The van der Waals surface area contributed by atoms with Crippen LogP contribution < -0.4 is 10.9 Å². The topological polar surface area (TPSA) is 112 Å². The number of hydrogen-bond acceptors (Lipinski definition) is 7. The van der Waals surface area contributed by atoms with Gasteiger partial charge in [0.15, 0.2) is 0 Å². The van der Waals surface area contributed by atoms with Gasteiger partial charge in [-0.2, -0.15) is 0 Å². The predicted molar refractivity (Wildman–Crippen MR) is 112 cm³/mol. The first-order valence-corrected chi connectivity index (χ1v) is 9.83. The lowest BCUT2D eigenvalue weighted by molar-refractivity contribution is -0.124. The van der Waals surface area contributed by atoms with E-state index < -0.39 is 11.8 Å². The Morgan fingerprint density at radius 3 is 2.66 bits per heavy atom. The van der Waals surface area contributed by atoms with Crippen LogP contribution in [-0.2, 0) is 9.59 Å². The molecule has 10 heteroatoms. The Kier molecular flexibility index (Phi) is 6.68. The number of nitrogens with zero attached hydrogens (tertiary/aromatic N) is 1. The number of thioether (sulfide) groups is 1. The predicted octanol–water partition coefficient (Wildman–Crippen LogP) is 2.43. The molecular formula is C19H17N3O5S2. The van der Waals surface area contributed by atoms with Crippen molar-refractivity contribution >= 4 is 52.1 Å². The molecule has 150 valence electrons. The van der Waals surface area contributed by atoms with Crippen LogP contribution >= 0.6 is 24.0 Å². The third-order valence-corrected chi connectivity index (χ3v) is 5.30. The molecule has 0 radical (unpaired) electrons. The van der Waals surface area contributed by atoms with Gasteiger partial charge in [0.1, 0.15) is 15.8 Å². The minimum absolute atomic E-state index is 0.0419. The highest BCUT2D eigenvalue weighted by Crippen LogP contribution is 2.32. The van der Waals surface area contributed by atoms with E-state index in [1.54, 1.807) is 18.2 Å². The zero-order valence-corrected chi connectivity index (χ0v) is 16.7. The van der Waals surface area contributed by atoms with Crippen LogP contribution in [0.1, 0.15) is 29.0 Å². The highest BCUT2D eigenvalue weighted by Gasteiger charge is 2.31. The SMILES string of the molecule is O=C(CCCN1C(=O)/C(=C\c2ccco2)SC1=S)NNC(=O)c1ccc(O)cc1. The molecule has 3 rings (SSSR count). The molecule has 3 N–H and O–H groups in total. The van der Waals surface area contributed by atoms with Gasteiger partial charge in [-0.05, 0) is 42.8 Å². The molecule has 1 aromatic heterocycles. The maximum Gasteiger partial charge on any atom is 0.269 e. The molecule has 0 saturated carbocycles. The average molecular weight is 431 g/mol. The number of amides is 3. The first kappa shape index (κ1) is 20.6. The van der Waals surface area contributed by atoms with Crippen LogP contribution in [0.2, 0.25) is 0 Å². The van der Waals surface area contributed by atoms with E-state index in [2.05, 4.69) is 10.9 Å². The van der Waals surface area contributed by atoms with Crippen molar-refractivity contribution in [2.45, 2.75) is 12.8 Å². The molecule has 1 saturated heterocycles. The van der Waals surface area contributed by atoms with Crippen LogP contribution in [0.4, 0.5) is 0 Å². The van der Waals surface area contributed by atoms with E-state index in [1.165, 1.54) is 47.2 Å². The highest BCUT2D eigenvalue weighted by atomic mass is 32.2. The standard InChI is InChI=1S/C19H17N3O5S2/c23-13-7-5-12(6-8-13)17(25)21-20-16(24)4-1-9-22-18(26)15(29-19(22)28)11-14-3-2-10-27-14/h2-3,5-8,10-11,23H,1,4,9H2,(H,20,24)(H,21,25)/b15-11+. The number of hydrogen-bond donors (Lipinski definition) is 3. The summed E-state index contributed by atoms with van der Waals surface area (Å²) >= 11 is 6.42. The number of phenols is 1. The lowest BCUT2D eigenvalue weighted by Crippen LogP contribution is -2.41. The molecule has 1 aliphatic rings. The molecule has 0 spiro atoms. The summed E-state index contributed by atoms with van der Waals surface area (Å²) in [6.45, 7) is 0.291. The number of aromatic hydroxyl groups is 1. The third-order valence-electron chi connectivity index (χ3n) is 3.92. The van der Waals surface area contributed by atoms with Gasteiger partial charge >= 0.3 is 0 Å². The Balaban J connectivity index is 1.43. The number of benzene rings is 1. The Labute approximate surface area is 175 Å². The Hall–Kier alpha value is -3.11. The zero-order valence-electron chi connectivity index (χ0n) is 15.1. The van der Waals surface area contributed by atoms with Gasteiger partial charge in [-0.1, -0.05) is 24.0 Å². The number of hydrazine groups is 1. The summed E-state index contributed by atoms with van der Waals surface area (Å²) in [7, 11) is 0. The number of nitrogens with one attached hydrogen (secondary N) is 2. The van der Waals surface area contributed by atoms with Gasteiger partial charge in [0, 0.05) is 24.6 Å². The van der Waals surface area contributed by atoms with Gasteiger partial charge in [0.2, 0.25) is 5.91 Å². The van der Waals surface area contributed by atoms with Crippen molar-refractivity contribution in [2.75, 3.05) is 6.54 Å². The minimum Gasteiger partial charge on any atom is -0.508 e. The monoisotopic (exact) mass is 431 g/mol. The van der Waals surface area contributed by atoms with Gasteiger partial charge in [-0.25, -0.2) is 0 Å². The lowest BCUT2D eigenvalue weighted by Gasteiger charge is -2.14. The van der Waals surface area contributed by atoms with Crippen molar-refractivity contribution in [3.63, 3.8) is 0 Å². The van der Waals surface area contributed by atoms with Crippen molar-refractivity contribution < 1.29 is 23.9 Å². The van der Waals surface area contributed by atoms with Gasteiger partial charge < -0.3 is 9.52 Å². The van der Waals surface area contributed by atoms with Crippen LogP contribution in [0.5, 0.6) is 5.75 Å². The van der Waals surface area contributed by atoms with Crippen LogP contribution in [0.3, 0.4) is 0 Å².